The van der Waals surface area contributed by atoms with Crippen molar-refractivity contribution in [3.8, 4) is 11.4 Å². The summed E-state index contributed by atoms with van der Waals surface area (Å²) in [5.41, 5.74) is 2.66. The molecular formula is C19H20FN5. The molecule has 0 aliphatic heterocycles. The van der Waals surface area contributed by atoms with Crippen LogP contribution in [0.1, 0.15) is 19.4 Å². The molecule has 2 N–H and O–H groups in total. The van der Waals surface area contributed by atoms with Gasteiger partial charge in [-0.25, -0.2) is 9.37 Å². The molecule has 0 saturated carbocycles. The second-order valence-electron chi connectivity index (χ2n) is 6.07. The molecule has 0 aliphatic rings. The molecule has 2 aromatic heterocycles. The van der Waals surface area contributed by atoms with Gasteiger partial charge in [-0.15, -0.1) is 0 Å². The average Bonchev–Trinajstić information content (AvgIpc) is 2.58. The molecule has 0 spiro atoms. The molecule has 3 rings (SSSR count). The lowest BCUT2D eigenvalue weighted by Gasteiger charge is -2.13. The number of aromatic nitrogens is 3. The lowest BCUT2D eigenvalue weighted by molar-refractivity contribution is 0.619. The first-order valence-corrected chi connectivity index (χ1v) is 8.11. The van der Waals surface area contributed by atoms with Gasteiger partial charge >= 0.3 is 0 Å². The van der Waals surface area contributed by atoms with E-state index >= 15 is 0 Å². The first kappa shape index (κ1) is 16.8. The van der Waals surface area contributed by atoms with Gasteiger partial charge in [0.05, 0.1) is 11.4 Å². The summed E-state index contributed by atoms with van der Waals surface area (Å²) < 4.78 is 13.8. The van der Waals surface area contributed by atoms with Gasteiger partial charge in [0.25, 0.3) is 0 Å². The maximum Gasteiger partial charge on any atom is 0.225 e. The highest BCUT2D eigenvalue weighted by atomic mass is 19.1. The molecule has 0 radical (unpaired) electrons. The number of rotatable bonds is 5. The summed E-state index contributed by atoms with van der Waals surface area (Å²) in [7, 11) is 0. The molecule has 3 aromatic rings. The molecule has 1 aromatic carbocycles. The van der Waals surface area contributed by atoms with E-state index in [1.807, 2.05) is 38.1 Å². The number of anilines is 3. The normalized spacial score (nSPS) is 10.8. The number of aryl methyl sites for hydroxylation is 1. The maximum atomic E-state index is 13.8. The van der Waals surface area contributed by atoms with Crippen molar-refractivity contribution >= 4 is 17.5 Å². The van der Waals surface area contributed by atoms with Crippen LogP contribution in [0.4, 0.5) is 21.8 Å². The Bertz CT molecular complexity index is 865. The van der Waals surface area contributed by atoms with Gasteiger partial charge in [-0.2, -0.15) is 4.98 Å². The number of hydrogen-bond donors (Lipinski definition) is 2. The largest absolute Gasteiger partial charge is 0.352 e. The molecule has 128 valence electrons. The fourth-order valence-electron chi connectivity index (χ4n) is 2.30. The van der Waals surface area contributed by atoms with E-state index in [0.29, 0.717) is 28.7 Å². The number of hydrogen-bond acceptors (Lipinski definition) is 5. The number of pyridine rings is 1. The molecule has 0 amide bonds. The van der Waals surface area contributed by atoms with Gasteiger partial charge in [0.2, 0.25) is 5.95 Å². The fourth-order valence-corrected chi connectivity index (χ4v) is 2.30. The van der Waals surface area contributed by atoms with Crippen molar-refractivity contribution in [2.75, 3.05) is 10.6 Å². The van der Waals surface area contributed by atoms with E-state index in [-0.39, 0.29) is 11.9 Å². The van der Waals surface area contributed by atoms with E-state index in [1.54, 1.807) is 25.3 Å². The first-order chi connectivity index (χ1) is 12.0. The molecule has 2 heterocycles. The smallest absolute Gasteiger partial charge is 0.225 e. The second kappa shape index (κ2) is 7.25. The molecule has 25 heavy (non-hydrogen) atoms. The minimum atomic E-state index is -0.260. The topological polar surface area (TPSA) is 62.7 Å². The third kappa shape index (κ3) is 4.29. The summed E-state index contributed by atoms with van der Waals surface area (Å²) in [6.45, 7) is 5.76. The van der Waals surface area contributed by atoms with Crippen LogP contribution in [0.3, 0.4) is 0 Å². The predicted octanol–water partition coefficient (Wildman–Crippen LogP) is 4.55. The van der Waals surface area contributed by atoms with Crippen LogP contribution in [0.2, 0.25) is 0 Å². The van der Waals surface area contributed by atoms with Gasteiger partial charge in [-0.1, -0.05) is 12.1 Å². The molecule has 0 fully saturated rings. The zero-order valence-electron chi connectivity index (χ0n) is 14.4. The van der Waals surface area contributed by atoms with E-state index in [2.05, 4.69) is 25.6 Å². The Kier molecular flexibility index (Phi) is 4.88. The number of halogens is 1. The van der Waals surface area contributed by atoms with Crippen LogP contribution in [-0.4, -0.2) is 21.0 Å². The van der Waals surface area contributed by atoms with Crippen LogP contribution in [-0.2, 0) is 0 Å². The van der Waals surface area contributed by atoms with E-state index < -0.39 is 0 Å². The summed E-state index contributed by atoms with van der Waals surface area (Å²) in [5, 5.41) is 6.33. The Balaban J connectivity index is 1.98. The van der Waals surface area contributed by atoms with Gasteiger partial charge in [0.15, 0.2) is 0 Å². The van der Waals surface area contributed by atoms with Crippen molar-refractivity contribution in [1.82, 2.24) is 15.0 Å². The van der Waals surface area contributed by atoms with Crippen molar-refractivity contribution in [2.45, 2.75) is 26.8 Å². The Labute approximate surface area is 146 Å². The van der Waals surface area contributed by atoms with Crippen LogP contribution in [0, 0.1) is 12.7 Å². The minimum Gasteiger partial charge on any atom is -0.352 e. The molecular weight excluding hydrogens is 317 g/mol. The van der Waals surface area contributed by atoms with E-state index in [4.69, 9.17) is 0 Å². The standard InChI is InChI=1S/C19H20FN5/c1-12(2)22-19-24-17(16-6-4-5-9-21-16)11-18(25-19)23-14-8-7-13(3)15(20)10-14/h4-12H,1-3H3,(H2,22,23,24,25). The van der Waals surface area contributed by atoms with Gasteiger partial charge in [0.1, 0.15) is 11.6 Å². The zero-order chi connectivity index (χ0) is 17.8. The fraction of sp³-hybridized carbons (Fsp3) is 0.211. The molecule has 6 heteroatoms. The number of nitrogens with zero attached hydrogens (tertiary/aromatic N) is 3. The van der Waals surface area contributed by atoms with Gasteiger partial charge in [-0.3, -0.25) is 4.98 Å². The molecule has 0 saturated heterocycles. The molecule has 0 aliphatic carbocycles. The van der Waals surface area contributed by atoms with Crippen LogP contribution in [0.15, 0.2) is 48.7 Å². The lowest BCUT2D eigenvalue weighted by Crippen LogP contribution is -2.13. The van der Waals surface area contributed by atoms with Crippen molar-refractivity contribution in [2.24, 2.45) is 0 Å². The molecule has 0 atom stereocenters. The Morgan fingerprint density at radius 1 is 1.00 bits per heavy atom. The lowest BCUT2D eigenvalue weighted by atomic mass is 10.2. The van der Waals surface area contributed by atoms with Crippen molar-refractivity contribution in [3.05, 3.63) is 60.0 Å². The van der Waals surface area contributed by atoms with Crippen LogP contribution in [0.25, 0.3) is 11.4 Å². The second-order valence-corrected chi connectivity index (χ2v) is 6.07. The highest BCUT2D eigenvalue weighted by molar-refractivity contribution is 5.65. The van der Waals surface area contributed by atoms with Crippen molar-refractivity contribution in [1.29, 1.82) is 0 Å². The third-order valence-electron chi connectivity index (χ3n) is 3.52. The molecule has 5 nitrogen and oxygen atoms in total. The summed E-state index contributed by atoms with van der Waals surface area (Å²) in [6.07, 6.45) is 1.72. The molecule has 0 bridgehead atoms. The minimum absolute atomic E-state index is 0.184. The summed E-state index contributed by atoms with van der Waals surface area (Å²) in [5.74, 6) is 0.805. The number of benzene rings is 1. The van der Waals surface area contributed by atoms with Gasteiger partial charge in [-0.05, 0) is 50.6 Å². The SMILES string of the molecule is Cc1ccc(Nc2cc(-c3ccccn3)nc(NC(C)C)n2)cc1F. The highest BCUT2D eigenvalue weighted by Crippen LogP contribution is 2.23. The van der Waals surface area contributed by atoms with Crippen LogP contribution >= 0.6 is 0 Å². The Hall–Kier alpha value is -3.02. The van der Waals surface area contributed by atoms with Crippen LogP contribution < -0.4 is 10.6 Å². The maximum absolute atomic E-state index is 13.8. The Morgan fingerprint density at radius 3 is 2.52 bits per heavy atom. The van der Waals surface area contributed by atoms with E-state index in [1.165, 1.54) is 6.07 Å². The first-order valence-electron chi connectivity index (χ1n) is 8.11. The quantitative estimate of drug-likeness (QED) is 0.715. The summed E-state index contributed by atoms with van der Waals surface area (Å²) in [6, 6.07) is 12.6. The number of nitrogens with one attached hydrogen (secondary N) is 2. The van der Waals surface area contributed by atoms with Crippen LogP contribution in [0.5, 0.6) is 0 Å². The zero-order valence-corrected chi connectivity index (χ0v) is 14.4. The van der Waals surface area contributed by atoms with E-state index in [0.717, 1.165) is 5.69 Å². The monoisotopic (exact) mass is 337 g/mol. The average molecular weight is 337 g/mol. The van der Waals surface area contributed by atoms with Crippen molar-refractivity contribution < 1.29 is 4.39 Å². The highest BCUT2D eigenvalue weighted by Gasteiger charge is 2.09. The summed E-state index contributed by atoms with van der Waals surface area (Å²) >= 11 is 0. The molecule has 0 unspecified atom stereocenters. The van der Waals surface area contributed by atoms with Crippen molar-refractivity contribution in [3.63, 3.8) is 0 Å². The van der Waals surface area contributed by atoms with E-state index in [9.17, 15) is 4.39 Å². The van der Waals surface area contributed by atoms with Gasteiger partial charge in [0, 0.05) is 24.0 Å². The third-order valence-corrected chi connectivity index (χ3v) is 3.52. The predicted molar refractivity (Wildman–Crippen MR) is 98.4 cm³/mol. The Morgan fingerprint density at radius 2 is 1.84 bits per heavy atom. The van der Waals surface area contributed by atoms with Gasteiger partial charge < -0.3 is 10.6 Å². The summed E-state index contributed by atoms with van der Waals surface area (Å²) in [4.78, 5) is 13.3.